The zero-order valence-corrected chi connectivity index (χ0v) is 11.4. The first kappa shape index (κ1) is 11.2. The van der Waals surface area contributed by atoms with Crippen molar-refractivity contribution in [3.05, 3.63) is 27.3 Å². The van der Waals surface area contributed by atoms with Gasteiger partial charge in [0.05, 0.1) is 0 Å². The second-order valence-corrected chi connectivity index (χ2v) is 5.68. The van der Waals surface area contributed by atoms with E-state index in [9.17, 15) is 0 Å². The van der Waals surface area contributed by atoms with Gasteiger partial charge in [0.2, 0.25) is 0 Å². The van der Waals surface area contributed by atoms with Gasteiger partial charge in [-0.1, -0.05) is 19.3 Å². The Hall–Kier alpha value is -0.250. The molecule has 0 amide bonds. The standard InChI is InChI=1S/C13H18IN/c1-10-9-11(14)7-8-13(10)15-12-5-3-2-4-6-12/h7-9,12,15H,2-6H2,1H3. The molecule has 1 saturated carbocycles. The zero-order chi connectivity index (χ0) is 10.7. The highest BCUT2D eigenvalue weighted by atomic mass is 127. The Labute approximate surface area is 106 Å². The van der Waals surface area contributed by atoms with E-state index in [1.165, 1.54) is 46.9 Å². The molecular formula is C13H18IN. The topological polar surface area (TPSA) is 12.0 Å². The van der Waals surface area contributed by atoms with Crippen molar-refractivity contribution in [2.24, 2.45) is 0 Å². The number of halogens is 1. The molecule has 2 rings (SSSR count). The van der Waals surface area contributed by atoms with Crippen LogP contribution in [0, 0.1) is 10.5 Å². The molecule has 1 aliphatic rings. The average molecular weight is 315 g/mol. The van der Waals surface area contributed by atoms with Gasteiger partial charge in [-0.2, -0.15) is 0 Å². The third-order valence-electron chi connectivity index (χ3n) is 3.15. The second-order valence-electron chi connectivity index (χ2n) is 4.44. The van der Waals surface area contributed by atoms with E-state index in [-0.39, 0.29) is 0 Å². The summed E-state index contributed by atoms with van der Waals surface area (Å²) < 4.78 is 1.32. The summed E-state index contributed by atoms with van der Waals surface area (Å²) in [6, 6.07) is 7.34. The van der Waals surface area contributed by atoms with Gasteiger partial charge in [-0.05, 0) is 66.1 Å². The van der Waals surface area contributed by atoms with E-state index in [1.807, 2.05) is 0 Å². The van der Waals surface area contributed by atoms with Crippen LogP contribution >= 0.6 is 22.6 Å². The lowest BCUT2D eigenvalue weighted by atomic mass is 9.95. The van der Waals surface area contributed by atoms with Crippen molar-refractivity contribution >= 4 is 28.3 Å². The Morgan fingerprint density at radius 2 is 1.93 bits per heavy atom. The maximum absolute atomic E-state index is 3.67. The lowest BCUT2D eigenvalue weighted by Gasteiger charge is -2.24. The van der Waals surface area contributed by atoms with Gasteiger partial charge in [-0.25, -0.2) is 0 Å². The van der Waals surface area contributed by atoms with Crippen molar-refractivity contribution in [2.45, 2.75) is 45.1 Å². The lowest BCUT2D eigenvalue weighted by molar-refractivity contribution is 0.462. The van der Waals surface area contributed by atoms with Crippen LogP contribution in [0.4, 0.5) is 5.69 Å². The maximum Gasteiger partial charge on any atom is 0.0372 e. The minimum Gasteiger partial charge on any atom is -0.382 e. The Kier molecular flexibility index (Phi) is 3.89. The largest absolute Gasteiger partial charge is 0.382 e. The number of benzene rings is 1. The van der Waals surface area contributed by atoms with Gasteiger partial charge < -0.3 is 5.32 Å². The second kappa shape index (κ2) is 5.19. The predicted molar refractivity (Wildman–Crippen MR) is 74.4 cm³/mol. The molecule has 1 aliphatic carbocycles. The van der Waals surface area contributed by atoms with Crippen LogP contribution in [0.3, 0.4) is 0 Å². The first-order valence-corrected chi connectivity index (χ1v) is 6.86. The van der Waals surface area contributed by atoms with E-state index in [0.29, 0.717) is 6.04 Å². The van der Waals surface area contributed by atoms with E-state index in [1.54, 1.807) is 0 Å². The van der Waals surface area contributed by atoms with Crippen LogP contribution in [-0.2, 0) is 0 Å². The van der Waals surface area contributed by atoms with Crippen molar-refractivity contribution in [3.8, 4) is 0 Å². The molecule has 15 heavy (non-hydrogen) atoms. The molecule has 1 N–H and O–H groups in total. The summed E-state index contributed by atoms with van der Waals surface area (Å²) in [5.41, 5.74) is 2.69. The molecule has 0 atom stereocenters. The number of nitrogens with one attached hydrogen (secondary N) is 1. The fourth-order valence-corrected chi connectivity index (χ4v) is 2.90. The molecule has 0 aliphatic heterocycles. The number of rotatable bonds is 2. The van der Waals surface area contributed by atoms with Crippen LogP contribution in [0.25, 0.3) is 0 Å². The molecule has 0 saturated heterocycles. The fraction of sp³-hybridized carbons (Fsp3) is 0.538. The molecule has 0 aromatic heterocycles. The highest BCUT2D eigenvalue weighted by Gasteiger charge is 2.13. The molecule has 0 unspecified atom stereocenters. The SMILES string of the molecule is Cc1cc(I)ccc1NC1CCCCC1. The highest BCUT2D eigenvalue weighted by Crippen LogP contribution is 2.24. The Morgan fingerprint density at radius 3 is 2.60 bits per heavy atom. The maximum atomic E-state index is 3.67. The molecule has 0 heterocycles. The smallest absolute Gasteiger partial charge is 0.0372 e. The molecule has 82 valence electrons. The highest BCUT2D eigenvalue weighted by molar-refractivity contribution is 14.1. The third kappa shape index (κ3) is 3.10. The first-order chi connectivity index (χ1) is 7.25. The normalized spacial score (nSPS) is 17.7. The summed E-state index contributed by atoms with van der Waals surface area (Å²) in [4.78, 5) is 0. The van der Waals surface area contributed by atoms with E-state index < -0.39 is 0 Å². The average Bonchev–Trinajstić information content (AvgIpc) is 2.24. The van der Waals surface area contributed by atoms with Crippen LogP contribution in [-0.4, -0.2) is 6.04 Å². The Bertz CT molecular complexity index is 329. The molecule has 0 bridgehead atoms. The van der Waals surface area contributed by atoms with Crippen LogP contribution < -0.4 is 5.32 Å². The number of hydrogen-bond donors (Lipinski definition) is 1. The van der Waals surface area contributed by atoms with Crippen molar-refractivity contribution < 1.29 is 0 Å². The van der Waals surface area contributed by atoms with E-state index in [2.05, 4.69) is 53.0 Å². The molecule has 0 spiro atoms. The zero-order valence-electron chi connectivity index (χ0n) is 9.22. The van der Waals surface area contributed by atoms with Crippen molar-refractivity contribution in [1.82, 2.24) is 0 Å². The first-order valence-electron chi connectivity index (χ1n) is 5.78. The van der Waals surface area contributed by atoms with Gasteiger partial charge in [0.1, 0.15) is 0 Å². The molecule has 1 aromatic carbocycles. The summed E-state index contributed by atoms with van der Waals surface area (Å²) in [6.07, 6.45) is 6.88. The van der Waals surface area contributed by atoms with Crippen molar-refractivity contribution in [1.29, 1.82) is 0 Å². The van der Waals surface area contributed by atoms with E-state index >= 15 is 0 Å². The number of anilines is 1. The molecule has 1 aromatic rings. The summed E-state index contributed by atoms with van der Waals surface area (Å²) in [7, 11) is 0. The summed E-state index contributed by atoms with van der Waals surface area (Å²) in [5, 5.41) is 3.67. The van der Waals surface area contributed by atoms with Gasteiger partial charge in [0.25, 0.3) is 0 Å². The van der Waals surface area contributed by atoms with E-state index in [4.69, 9.17) is 0 Å². The van der Waals surface area contributed by atoms with E-state index in [0.717, 1.165) is 0 Å². The summed E-state index contributed by atoms with van der Waals surface area (Å²) >= 11 is 2.37. The van der Waals surface area contributed by atoms with Gasteiger partial charge in [-0.15, -0.1) is 0 Å². The monoisotopic (exact) mass is 315 g/mol. The fourth-order valence-electron chi connectivity index (χ4n) is 2.26. The minimum atomic E-state index is 0.706. The van der Waals surface area contributed by atoms with Gasteiger partial charge >= 0.3 is 0 Å². The minimum absolute atomic E-state index is 0.706. The van der Waals surface area contributed by atoms with Gasteiger partial charge in [0.15, 0.2) is 0 Å². The van der Waals surface area contributed by atoms with Crippen LogP contribution in [0.5, 0.6) is 0 Å². The van der Waals surface area contributed by atoms with Crippen LogP contribution in [0.15, 0.2) is 18.2 Å². The van der Waals surface area contributed by atoms with Gasteiger partial charge in [0, 0.05) is 15.3 Å². The predicted octanol–water partition coefficient (Wildman–Crippen LogP) is 4.34. The molecule has 0 radical (unpaired) electrons. The van der Waals surface area contributed by atoms with Gasteiger partial charge in [-0.3, -0.25) is 0 Å². The third-order valence-corrected chi connectivity index (χ3v) is 3.82. The molecular weight excluding hydrogens is 297 g/mol. The van der Waals surface area contributed by atoms with Crippen molar-refractivity contribution in [3.63, 3.8) is 0 Å². The number of aryl methyl sites for hydroxylation is 1. The lowest BCUT2D eigenvalue weighted by Crippen LogP contribution is -2.22. The molecule has 1 nitrogen and oxygen atoms in total. The van der Waals surface area contributed by atoms with Crippen molar-refractivity contribution in [2.75, 3.05) is 5.32 Å². The Balaban J connectivity index is 2.03. The molecule has 1 fully saturated rings. The van der Waals surface area contributed by atoms with Crippen LogP contribution in [0.2, 0.25) is 0 Å². The summed E-state index contributed by atoms with van der Waals surface area (Å²) in [6.45, 7) is 2.19. The number of hydrogen-bond acceptors (Lipinski definition) is 1. The quantitative estimate of drug-likeness (QED) is 0.800. The summed E-state index contributed by atoms with van der Waals surface area (Å²) in [5.74, 6) is 0. The Morgan fingerprint density at radius 1 is 1.20 bits per heavy atom. The molecule has 2 heteroatoms. The van der Waals surface area contributed by atoms with Crippen LogP contribution in [0.1, 0.15) is 37.7 Å².